The second-order valence-electron chi connectivity index (χ2n) is 7.99. The summed E-state index contributed by atoms with van der Waals surface area (Å²) >= 11 is 4.99. The first-order valence-electron chi connectivity index (χ1n) is 10.7. The van der Waals surface area contributed by atoms with Gasteiger partial charge in [0, 0.05) is 17.1 Å². The van der Waals surface area contributed by atoms with E-state index in [9.17, 15) is 9.90 Å². The number of carbonyl (C=O) groups excluding carboxylic acids is 1. The number of phenolic OH excluding ortho intramolecular Hbond substituents is 1. The molecule has 1 aliphatic heterocycles. The Hall–Kier alpha value is -2.78. The molecule has 0 fully saturated rings. The highest BCUT2D eigenvalue weighted by molar-refractivity contribution is 9.10. The Morgan fingerprint density at radius 1 is 1.27 bits per heavy atom. The van der Waals surface area contributed by atoms with E-state index >= 15 is 0 Å². The van der Waals surface area contributed by atoms with Crippen LogP contribution in [0, 0.1) is 13.8 Å². The Bertz CT molecular complexity index is 1250. The molecule has 1 aliphatic rings. The van der Waals surface area contributed by atoms with Crippen LogP contribution in [0.3, 0.4) is 0 Å². The Morgan fingerprint density at radius 2 is 2.06 bits per heavy atom. The Kier molecular flexibility index (Phi) is 6.81. The molecule has 3 N–H and O–H groups in total. The van der Waals surface area contributed by atoms with Crippen molar-refractivity contribution >= 4 is 45.2 Å². The SMILES string of the molecule is CCCSc1nc2n(n1)C(c1ccc(O)c(Br)c1)C(C(=O)Nc1cccc(C)c1C)=C(C)N2. The predicted octanol–water partition coefficient (Wildman–Crippen LogP) is 5.79. The molecule has 1 atom stereocenters. The number of phenols is 1. The Morgan fingerprint density at radius 3 is 2.79 bits per heavy atom. The third kappa shape index (κ3) is 4.65. The standard InChI is InChI=1S/C24H26BrN5O2S/c1-5-11-33-24-28-23-26-15(4)20(22(32)27-18-8-6-7-13(2)14(18)3)21(30(23)29-24)16-9-10-19(31)17(25)12-16/h6-10,12,21,31H,5,11H2,1-4H3,(H,27,32)(H,26,28,29). The van der Waals surface area contributed by atoms with E-state index in [2.05, 4.69) is 38.5 Å². The van der Waals surface area contributed by atoms with E-state index in [-0.39, 0.29) is 11.7 Å². The van der Waals surface area contributed by atoms with Gasteiger partial charge in [-0.3, -0.25) is 4.79 Å². The second-order valence-corrected chi connectivity index (χ2v) is 9.91. The molecule has 33 heavy (non-hydrogen) atoms. The fraction of sp³-hybridized carbons (Fsp3) is 0.292. The molecule has 9 heteroatoms. The minimum Gasteiger partial charge on any atom is -0.507 e. The average Bonchev–Trinajstić information content (AvgIpc) is 3.18. The van der Waals surface area contributed by atoms with Gasteiger partial charge in [0.25, 0.3) is 5.91 Å². The van der Waals surface area contributed by atoms with E-state index in [4.69, 9.17) is 5.10 Å². The summed E-state index contributed by atoms with van der Waals surface area (Å²) in [6.07, 6.45) is 1.01. The molecule has 7 nitrogen and oxygen atoms in total. The van der Waals surface area contributed by atoms with Crippen molar-refractivity contribution in [2.24, 2.45) is 0 Å². The maximum atomic E-state index is 13.6. The summed E-state index contributed by atoms with van der Waals surface area (Å²) in [4.78, 5) is 18.3. The molecule has 1 aromatic heterocycles. The summed E-state index contributed by atoms with van der Waals surface area (Å²) in [5.74, 6) is 1.41. The maximum absolute atomic E-state index is 13.6. The van der Waals surface area contributed by atoms with Gasteiger partial charge in [-0.2, -0.15) is 4.98 Å². The minimum atomic E-state index is -0.508. The number of allylic oxidation sites excluding steroid dienone is 1. The highest BCUT2D eigenvalue weighted by Gasteiger charge is 2.34. The number of aromatic hydroxyl groups is 1. The lowest BCUT2D eigenvalue weighted by Gasteiger charge is -2.29. The normalized spacial score (nSPS) is 15.2. The molecule has 3 aromatic rings. The first kappa shape index (κ1) is 23.4. The summed E-state index contributed by atoms with van der Waals surface area (Å²) in [6, 6.07) is 10.6. The van der Waals surface area contributed by atoms with Crippen molar-refractivity contribution in [2.45, 2.75) is 45.3 Å². The number of benzene rings is 2. The Balaban J connectivity index is 1.79. The summed E-state index contributed by atoms with van der Waals surface area (Å²) in [5.41, 5.74) is 4.96. The van der Waals surface area contributed by atoms with Crippen LogP contribution in [-0.2, 0) is 4.79 Å². The molecule has 2 aromatic carbocycles. The van der Waals surface area contributed by atoms with Gasteiger partial charge in [0.05, 0.1) is 10.0 Å². The van der Waals surface area contributed by atoms with Gasteiger partial charge in [0.2, 0.25) is 11.1 Å². The first-order chi connectivity index (χ1) is 15.8. The van der Waals surface area contributed by atoms with Crippen LogP contribution >= 0.6 is 27.7 Å². The number of aryl methyl sites for hydroxylation is 1. The summed E-state index contributed by atoms with van der Waals surface area (Å²) in [6.45, 7) is 8.00. The highest BCUT2D eigenvalue weighted by Crippen LogP contribution is 2.39. The van der Waals surface area contributed by atoms with Crippen molar-refractivity contribution in [3.63, 3.8) is 0 Å². The zero-order valence-electron chi connectivity index (χ0n) is 18.9. The highest BCUT2D eigenvalue weighted by atomic mass is 79.9. The van der Waals surface area contributed by atoms with Gasteiger partial charge in [0.1, 0.15) is 11.8 Å². The molecule has 0 saturated carbocycles. The summed E-state index contributed by atoms with van der Waals surface area (Å²) < 4.78 is 2.30. The molecule has 4 rings (SSSR count). The van der Waals surface area contributed by atoms with Crippen LogP contribution in [0.2, 0.25) is 0 Å². The lowest BCUT2D eigenvalue weighted by atomic mass is 9.94. The number of hydrogen-bond acceptors (Lipinski definition) is 6. The van der Waals surface area contributed by atoms with Crippen molar-refractivity contribution in [3.8, 4) is 5.75 Å². The molecular formula is C24H26BrN5O2S. The monoisotopic (exact) mass is 527 g/mol. The van der Waals surface area contributed by atoms with Crippen LogP contribution in [0.15, 0.2) is 57.3 Å². The van der Waals surface area contributed by atoms with Gasteiger partial charge in [-0.25, -0.2) is 4.68 Å². The van der Waals surface area contributed by atoms with E-state index < -0.39 is 6.04 Å². The minimum absolute atomic E-state index is 0.132. The van der Waals surface area contributed by atoms with Crippen LogP contribution in [-0.4, -0.2) is 31.5 Å². The van der Waals surface area contributed by atoms with Crippen molar-refractivity contribution in [1.82, 2.24) is 14.8 Å². The van der Waals surface area contributed by atoms with E-state index in [1.165, 1.54) is 0 Å². The van der Waals surface area contributed by atoms with Crippen molar-refractivity contribution < 1.29 is 9.90 Å². The maximum Gasteiger partial charge on any atom is 0.255 e. The van der Waals surface area contributed by atoms with Crippen molar-refractivity contribution in [1.29, 1.82) is 0 Å². The molecule has 0 radical (unpaired) electrons. The number of fused-ring (bicyclic) bond motifs is 1. The average molecular weight is 528 g/mol. The summed E-state index contributed by atoms with van der Waals surface area (Å²) in [7, 11) is 0. The molecule has 0 aliphatic carbocycles. The van der Waals surface area contributed by atoms with E-state index in [1.807, 2.05) is 45.0 Å². The fourth-order valence-electron chi connectivity index (χ4n) is 3.76. The summed E-state index contributed by atoms with van der Waals surface area (Å²) in [5, 5.41) is 21.7. The zero-order chi connectivity index (χ0) is 23.7. The van der Waals surface area contributed by atoms with Gasteiger partial charge in [-0.05, 0) is 78.0 Å². The number of rotatable bonds is 6. The molecular weight excluding hydrogens is 502 g/mol. The lowest BCUT2D eigenvalue weighted by Crippen LogP contribution is -2.31. The molecule has 1 amide bonds. The molecule has 0 bridgehead atoms. The number of aromatic nitrogens is 3. The number of thioether (sulfide) groups is 1. The molecule has 2 heterocycles. The topological polar surface area (TPSA) is 92.1 Å². The molecule has 1 unspecified atom stereocenters. The second kappa shape index (κ2) is 9.61. The van der Waals surface area contributed by atoms with Gasteiger partial charge < -0.3 is 15.7 Å². The predicted molar refractivity (Wildman–Crippen MR) is 136 cm³/mol. The van der Waals surface area contributed by atoms with Crippen LogP contribution in [0.25, 0.3) is 0 Å². The van der Waals surface area contributed by atoms with Crippen LogP contribution in [0.4, 0.5) is 11.6 Å². The number of hydrogen-bond donors (Lipinski definition) is 3. The Labute approximate surface area is 205 Å². The quantitative estimate of drug-likeness (QED) is 0.351. The van der Waals surface area contributed by atoms with Gasteiger partial charge in [-0.15, -0.1) is 5.10 Å². The zero-order valence-corrected chi connectivity index (χ0v) is 21.3. The van der Waals surface area contributed by atoms with Crippen LogP contribution < -0.4 is 10.6 Å². The van der Waals surface area contributed by atoms with Crippen molar-refractivity contribution in [2.75, 3.05) is 16.4 Å². The number of nitrogens with one attached hydrogen (secondary N) is 2. The van der Waals surface area contributed by atoms with Crippen molar-refractivity contribution in [3.05, 3.63) is 68.8 Å². The van der Waals surface area contributed by atoms with E-state index in [1.54, 1.807) is 28.6 Å². The van der Waals surface area contributed by atoms with Gasteiger partial charge in [0.15, 0.2) is 0 Å². The number of anilines is 2. The van der Waals surface area contributed by atoms with E-state index in [0.29, 0.717) is 26.8 Å². The fourth-order valence-corrected chi connectivity index (χ4v) is 4.84. The number of halogens is 1. The largest absolute Gasteiger partial charge is 0.507 e. The molecule has 172 valence electrons. The van der Waals surface area contributed by atoms with Crippen LogP contribution in [0.1, 0.15) is 43.0 Å². The van der Waals surface area contributed by atoms with E-state index in [0.717, 1.165) is 34.6 Å². The number of amides is 1. The third-order valence-electron chi connectivity index (χ3n) is 5.65. The van der Waals surface area contributed by atoms with Gasteiger partial charge in [-0.1, -0.05) is 36.9 Å². The smallest absolute Gasteiger partial charge is 0.255 e. The number of carbonyl (C=O) groups is 1. The molecule has 0 spiro atoms. The number of nitrogens with zero attached hydrogens (tertiary/aromatic N) is 3. The van der Waals surface area contributed by atoms with Gasteiger partial charge >= 0.3 is 0 Å². The lowest BCUT2D eigenvalue weighted by molar-refractivity contribution is -0.113. The first-order valence-corrected chi connectivity index (χ1v) is 12.5. The third-order valence-corrected chi connectivity index (χ3v) is 7.33. The molecule has 0 saturated heterocycles. The van der Waals surface area contributed by atoms with Crippen LogP contribution in [0.5, 0.6) is 5.75 Å².